The number of imide groups is 1. The predicted octanol–water partition coefficient (Wildman–Crippen LogP) is -0.209. The van der Waals surface area contributed by atoms with Gasteiger partial charge in [-0.3, -0.25) is 14.5 Å². The molecule has 82 valence electrons. The molecule has 1 aliphatic carbocycles. The molecule has 1 atom stereocenters. The Morgan fingerprint density at radius 3 is 2.67 bits per heavy atom. The summed E-state index contributed by atoms with van der Waals surface area (Å²) in [6, 6.07) is -0.600. The van der Waals surface area contributed by atoms with Crippen LogP contribution in [0.4, 0.5) is 4.79 Å². The monoisotopic (exact) mass is 212 g/mol. The summed E-state index contributed by atoms with van der Waals surface area (Å²) < 4.78 is 0. The highest BCUT2D eigenvalue weighted by Gasteiger charge is 2.56. The van der Waals surface area contributed by atoms with Crippen molar-refractivity contribution in [1.82, 2.24) is 10.2 Å². The molecule has 2 fully saturated rings. The highest BCUT2D eigenvalue weighted by atomic mass is 16.4. The van der Waals surface area contributed by atoms with Crippen molar-refractivity contribution in [3.8, 4) is 0 Å². The number of rotatable bonds is 3. The van der Waals surface area contributed by atoms with E-state index in [4.69, 9.17) is 5.11 Å². The minimum atomic E-state index is -1.18. The molecule has 2 aliphatic rings. The number of carboxylic acids is 1. The van der Waals surface area contributed by atoms with Crippen LogP contribution in [0.1, 0.15) is 19.8 Å². The number of carbonyl (C=O) groups excluding carboxylic acids is 2. The van der Waals surface area contributed by atoms with E-state index in [0.29, 0.717) is 0 Å². The molecule has 0 aromatic carbocycles. The first-order valence-corrected chi connectivity index (χ1v) is 4.81. The zero-order chi connectivity index (χ0) is 11.2. The summed E-state index contributed by atoms with van der Waals surface area (Å²) >= 11 is 0. The van der Waals surface area contributed by atoms with Crippen molar-refractivity contribution in [3.63, 3.8) is 0 Å². The first-order valence-electron chi connectivity index (χ1n) is 4.81. The van der Waals surface area contributed by atoms with Crippen molar-refractivity contribution in [1.29, 1.82) is 0 Å². The Balaban J connectivity index is 2.18. The number of hydrogen-bond acceptors (Lipinski definition) is 3. The van der Waals surface area contributed by atoms with Crippen molar-refractivity contribution in [2.75, 3.05) is 6.54 Å². The average molecular weight is 212 g/mol. The molecule has 1 saturated heterocycles. The number of nitrogens with one attached hydrogen (secondary N) is 1. The molecular weight excluding hydrogens is 200 g/mol. The summed E-state index contributed by atoms with van der Waals surface area (Å²) in [7, 11) is 0. The number of carboxylic acid groups (broad SMARTS) is 1. The van der Waals surface area contributed by atoms with Crippen LogP contribution in [0.5, 0.6) is 0 Å². The first-order chi connectivity index (χ1) is 6.95. The van der Waals surface area contributed by atoms with Crippen LogP contribution < -0.4 is 5.32 Å². The third-order valence-electron chi connectivity index (χ3n) is 2.99. The Kier molecular flexibility index (Phi) is 1.95. The molecule has 0 aromatic rings. The van der Waals surface area contributed by atoms with Gasteiger partial charge in [0, 0.05) is 0 Å². The molecule has 1 unspecified atom stereocenters. The summed E-state index contributed by atoms with van der Waals surface area (Å²) in [6.45, 7) is 1.10. The summed E-state index contributed by atoms with van der Waals surface area (Å²) in [5.74, 6) is -1.44. The Morgan fingerprint density at radius 1 is 1.60 bits per heavy atom. The van der Waals surface area contributed by atoms with Gasteiger partial charge in [-0.1, -0.05) is 0 Å². The van der Waals surface area contributed by atoms with Crippen LogP contribution in [0.3, 0.4) is 0 Å². The van der Waals surface area contributed by atoms with Crippen molar-refractivity contribution in [2.24, 2.45) is 5.92 Å². The second-order valence-electron chi connectivity index (χ2n) is 4.19. The quantitative estimate of drug-likeness (QED) is 0.634. The van der Waals surface area contributed by atoms with E-state index < -0.39 is 30.0 Å². The predicted molar refractivity (Wildman–Crippen MR) is 49.0 cm³/mol. The molecule has 1 heterocycles. The number of amides is 3. The highest BCUT2D eigenvalue weighted by Crippen LogP contribution is 2.42. The van der Waals surface area contributed by atoms with Gasteiger partial charge in [0.05, 0.1) is 0 Å². The van der Waals surface area contributed by atoms with Crippen LogP contribution in [-0.2, 0) is 9.59 Å². The molecule has 0 radical (unpaired) electrons. The number of aliphatic carboxylic acids is 1. The molecule has 1 aliphatic heterocycles. The maximum Gasteiger partial charge on any atom is 0.325 e. The van der Waals surface area contributed by atoms with E-state index in [1.165, 1.54) is 0 Å². The van der Waals surface area contributed by atoms with Crippen LogP contribution >= 0.6 is 0 Å². The normalized spacial score (nSPS) is 30.6. The lowest BCUT2D eigenvalue weighted by Crippen LogP contribution is -2.46. The van der Waals surface area contributed by atoms with E-state index in [-0.39, 0.29) is 5.92 Å². The number of carbonyl (C=O) groups is 3. The van der Waals surface area contributed by atoms with Gasteiger partial charge in [0.25, 0.3) is 5.91 Å². The molecule has 6 heteroatoms. The van der Waals surface area contributed by atoms with E-state index in [1.807, 2.05) is 0 Å². The SMILES string of the molecule is CC1(C2CC2)NC(=O)N(CC(=O)O)C1=O. The molecule has 2 N–H and O–H groups in total. The maximum atomic E-state index is 11.8. The zero-order valence-electron chi connectivity index (χ0n) is 8.32. The van der Waals surface area contributed by atoms with Gasteiger partial charge < -0.3 is 10.4 Å². The molecule has 0 bridgehead atoms. The fraction of sp³-hybridized carbons (Fsp3) is 0.667. The van der Waals surface area contributed by atoms with Gasteiger partial charge in [-0.05, 0) is 25.7 Å². The summed E-state index contributed by atoms with van der Waals surface area (Å²) in [5.41, 5.74) is -0.882. The Morgan fingerprint density at radius 2 is 2.20 bits per heavy atom. The zero-order valence-corrected chi connectivity index (χ0v) is 8.32. The summed E-state index contributed by atoms with van der Waals surface area (Å²) in [6.07, 6.45) is 1.81. The Labute approximate surface area is 86.2 Å². The molecule has 0 aromatic heterocycles. The van der Waals surface area contributed by atoms with Crippen LogP contribution in [0.2, 0.25) is 0 Å². The van der Waals surface area contributed by atoms with Gasteiger partial charge in [-0.2, -0.15) is 0 Å². The lowest BCUT2D eigenvalue weighted by molar-refractivity contribution is -0.142. The van der Waals surface area contributed by atoms with Gasteiger partial charge in [-0.25, -0.2) is 4.79 Å². The maximum absolute atomic E-state index is 11.8. The Hall–Kier alpha value is -1.59. The fourth-order valence-electron chi connectivity index (χ4n) is 1.93. The third-order valence-corrected chi connectivity index (χ3v) is 2.99. The summed E-state index contributed by atoms with van der Waals surface area (Å²) in [5, 5.41) is 11.1. The second-order valence-corrected chi connectivity index (χ2v) is 4.19. The smallest absolute Gasteiger partial charge is 0.325 e. The first kappa shape index (κ1) is 9.95. The topological polar surface area (TPSA) is 86.7 Å². The fourth-order valence-corrected chi connectivity index (χ4v) is 1.93. The molecule has 1 saturated carbocycles. The summed E-state index contributed by atoms with van der Waals surface area (Å²) in [4.78, 5) is 34.5. The lowest BCUT2D eigenvalue weighted by atomic mass is 9.96. The van der Waals surface area contributed by atoms with Gasteiger partial charge in [0.15, 0.2) is 0 Å². The van der Waals surface area contributed by atoms with Gasteiger partial charge in [0.1, 0.15) is 12.1 Å². The lowest BCUT2D eigenvalue weighted by Gasteiger charge is -2.20. The van der Waals surface area contributed by atoms with E-state index in [9.17, 15) is 14.4 Å². The minimum Gasteiger partial charge on any atom is -0.480 e. The van der Waals surface area contributed by atoms with Crippen LogP contribution in [0.25, 0.3) is 0 Å². The molecular formula is C9H12N2O4. The van der Waals surface area contributed by atoms with E-state index in [2.05, 4.69) is 5.32 Å². The van der Waals surface area contributed by atoms with Crippen molar-refractivity contribution < 1.29 is 19.5 Å². The van der Waals surface area contributed by atoms with E-state index in [0.717, 1.165) is 17.7 Å². The number of nitrogens with zero attached hydrogens (tertiary/aromatic N) is 1. The average Bonchev–Trinajstić information content (AvgIpc) is 2.92. The number of urea groups is 1. The molecule has 6 nitrogen and oxygen atoms in total. The van der Waals surface area contributed by atoms with E-state index in [1.54, 1.807) is 6.92 Å². The van der Waals surface area contributed by atoms with Crippen LogP contribution in [0.15, 0.2) is 0 Å². The number of hydrogen-bond donors (Lipinski definition) is 2. The molecule has 0 spiro atoms. The van der Waals surface area contributed by atoms with Gasteiger partial charge >= 0.3 is 12.0 Å². The largest absolute Gasteiger partial charge is 0.480 e. The molecule has 2 rings (SSSR count). The van der Waals surface area contributed by atoms with Gasteiger partial charge in [-0.15, -0.1) is 0 Å². The minimum absolute atomic E-state index is 0.160. The van der Waals surface area contributed by atoms with Crippen molar-refractivity contribution in [2.45, 2.75) is 25.3 Å². The van der Waals surface area contributed by atoms with E-state index >= 15 is 0 Å². The standard InChI is InChI=1S/C9H12N2O4/c1-9(5-2-3-5)7(14)11(4-6(12)13)8(15)10-9/h5H,2-4H2,1H3,(H,10,15)(H,12,13). The van der Waals surface area contributed by atoms with Crippen molar-refractivity contribution in [3.05, 3.63) is 0 Å². The van der Waals surface area contributed by atoms with Crippen molar-refractivity contribution >= 4 is 17.9 Å². The molecule has 3 amide bonds. The Bertz CT molecular complexity index is 350. The third kappa shape index (κ3) is 1.45. The molecule has 15 heavy (non-hydrogen) atoms. The highest BCUT2D eigenvalue weighted by molar-refractivity contribution is 6.08. The van der Waals surface area contributed by atoms with Crippen LogP contribution in [-0.4, -0.2) is 40.0 Å². The van der Waals surface area contributed by atoms with Crippen LogP contribution in [0, 0.1) is 5.92 Å². The second kappa shape index (κ2) is 2.95. The van der Waals surface area contributed by atoms with Gasteiger partial charge in [0.2, 0.25) is 0 Å².